The molecule has 1 aliphatic heterocycles. The number of carbonyl (C=O) groups excluding carboxylic acids is 1. The maximum absolute atomic E-state index is 12.5. The molecule has 1 amide bonds. The summed E-state index contributed by atoms with van der Waals surface area (Å²) in [6.07, 6.45) is 0.855. The Labute approximate surface area is 161 Å². The monoisotopic (exact) mass is 382 g/mol. The molecule has 0 spiro atoms. The van der Waals surface area contributed by atoms with E-state index in [4.69, 9.17) is 0 Å². The van der Waals surface area contributed by atoms with Gasteiger partial charge in [0, 0.05) is 29.7 Å². The van der Waals surface area contributed by atoms with Crippen LogP contribution in [0.25, 0.3) is 10.2 Å². The Bertz CT molecular complexity index is 1120. The maximum atomic E-state index is 12.5. The van der Waals surface area contributed by atoms with Crippen LogP contribution >= 0.6 is 11.3 Å². The van der Waals surface area contributed by atoms with E-state index in [0.717, 1.165) is 45.2 Å². The van der Waals surface area contributed by atoms with Crippen molar-refractivity contribution in [1.82, 2.24) is 9.97 Å². The normalized spacial score (nSPS) is 14.4. The molecule has 4 rings (SSSR count). The molecular formula is C20H22N4O2S. The molecule has 140 valence electrons. The van der Waals surface area contributed by atoms with Crippen LogP contribution in [0.15, 0.2) is 23.0 Å². The predicted octanol–water partition coefficient (Wildman–Crippen LogP) is 3.68. The molecule has 1 aromatic carbocycles. The molecule has 2 N–H and O–H groups in total. The van der Waals surface area contributed by atoms with Gasteiger partial charge in [0.1, 0.15) is 10.7 Å². The number of rotatable bonds is 3. The molecule has 1 unspecified atom stereocenters. The minimum Gasteiger partial charge on any atom is -0.375 e. The zero-order valence-corrected chi connectivity index (χ0v) is 16.7. The van der Waals surface area contributed by atoms with Gasteiger partial charge in [-0.2, -0.15) is 0 Å². The van der Waals surface area contributed by atoms with Crippen molar-refractivity contribution in [3.8, 4) is 0 Å². The molecule has 2 aromatic heterocycles. The second-order valence-corrected chi connectivity index (χ2v) is 8.25. The van der Waals surface area contributed by atoms with Gasteiger partial charge in [-0.15, -0.1) is 11.3 Å². The van der Waals surface area contributed by atoms with Crippen LogP contribution in [0.2, 0.25) is 0 Å². The van der Waals surface area contributed by atoms with Gasteiger partial charge in [0.25, 0.3) is 5.56 Å². The number of hydrogen-bond acceptors (Lipinski definition) is 5. The summed E-state index contributed by atoms with van der Waals surface area (Å²) in [4.78, 5) is 35.5. The molecule has 0 fully saturated rings. The molecule has 7 heteroatoms. The molecule has 6 nitrogen and oxygen atoms in total. The highest BCUT2D eigenvalue weighted by atomic mass is 32.1. The number of anilines is 2. The van der Waals surface area contributed by atoms with Gasteiger partial charge < -0.3 is 15.2 Å². The largest absolute Gasteiger partial charge is 0.375 e. The van der Waals surface area contributed by atoms with E-state index >= 15 is 0 Å². The Morgan fingerprint density at radius 2 is 2.15 bits per heavy atom. The average Bonchev–Trinajstić information content (AvgIpc) is 3.16. The van der Waals surface area contributed by atoms with Crippen LogP contribution < -0.4 is 15.8 Å². The van der Waals surface area contributed by atoms with Gasteiger partial charge in [-0.3, -0.25) is 9.59 Å². The second kappa shape index (κ2) is 6.49. The van der Waals surface area contributed by atoms with Gasteiger partial charge in [-0.05, 0) is 56.5 Å². The van der Waals surface area contributed by atoms with Gasteiger partial charge in [-0.25, -0.2) is 4.98 Å². The van der Waals surface area contributed by atoms with Crippen LogP contribution in [0.1, 0.15) is 41.7 Å². The van der Waals surface area contributed by atoms with Crippen molar-refractivity contribution < 1.29 is 4.79 Å². The summed E-state index contributed by atoms with van der Waals surface area (Å²) in [6.45, 7) is 8.27. The zero-order valence-electron chi connectivity index (χ0n) is 15.8. The number of amides is 1. The van der Waals surface area contributed by atoms with Crippen molar-refractivity contribution in [1.29, 1.82) is 0 Å². The highest BCUT2D eigenvalue weighted by molar-refractivity contribution is 7.18. The lowest BCUT2D eigenvalue weighted by molar-refractivity contribution is -0.116. The summed E-state index contributed by atoms with van der Waals surface area (Å²) in [6, 6.07) is 5.87. The zero-order chi connectivity index (χ0) is 19.3. The molecule has 3 heterocycles. The minimum atomic E-state index is -0.145. The Kier molecular flexibility index (Phi) is 4.26. The topological polar surface area (TPSA) is 78.1 Å². The van der Waals surface area contributed by atoms with Crippen molar-refractivity contribution in [2.24, 2.45) is 0 Å². The van der Waals surface area contributed by atoms with E-state index in [2.05, 4.69) is 21.4 Å². The van der Waals surface area contributed by atoms with Crippen LogP contribution in [-0.2, 0) is 11.2 Å². The van der Waals surface area contributed by atoms with Crippen molar-refractivity contribution in [3.63, 3.8) is 0 Å². The fraction of sp³-hybridized carbons (Fsp3) is 0.350. The summed E-state index contributed by atoms with van der Waals surface area (Å²) in [5, 5.41) is 4.10. The van der Waals surface area contributed by atoms with E-state index in [1.54, 1.807) is 23.2 Å². The Balaban J connectivity index is 1.61. The summed E-state index contributed by atoms with van der Waals surface area (Å²) in [5.41, 5.74) is 4.01. The molecule has 0 saturated carbocycles. The number of fused-ring (bicyclic) bond motifs is 2. The number of aromatic amines is 1. The van der Waals surface area contributed by atoms with E-state index in [-0.39, 0.29) is 17.5 Å². The predicted molar refractivity (Wildman–Crippen MR) is 110 cm³/mol. The number of thiophene rings is 1. The molecule has 1 atom stereocenters. The first-order valence-corrected chi connectivity index (χ1v) is 9.84. The third-order valence-corrected chi connectivity index (χ3v) is 6.31. The van der Waals surface area contributed by atoms with E-state index in [9.17, 15) is 9.59 Å². The summed E-state index contributed by atoms with van der Waals surface area (Å²) < 4.78 is 0. The van der Waals surface area contributed by atoms with Gasteiger partial charge in [0.05, 0.1) is 11.4 Å². The first kappa shape index (κ1) is 17.7. The number of hydrogen-bond donors (Lipinski definition) is 2. The van der Waals surface area contributed by atoms with E-state index in [1.807, 2.05) is 32.9 Å². The lowest BCUT2D eigenvalue weighted by Gasteiger charge is -2.17. The molecule has 1 aliphatic rings. The van der Waals surface area contributed by atoms with Crippen molar-refractivity contribution in [2.75, 3.05) is 16.8 Å². The lowest BCUT2D eigenvalue weighted by Crippen LogP contribution is -2.25. The van der Waals surface area contributed by atoms with Crippen molar-refractivity contribution >= 4 is 38.8 Å². The van der Waals surface area contributed by atoms with Gasteiger partial charge in [0.15, 0.2) is 0 Å². The number of nitrogens with one attached hydrogen (secondary N) is 2. The van der Waals surface area contributed by atoms with Crippen LogP contribution in [0, 0.1) is 13.8 Å². The fourth-order valence-corrected chi connectivity index (χ4v) is 4.65. The van der Waals surface area contributed by atoms with Gasteiger partial charge in [0.2, 0.25) is 5.91 Å². The maximum Gasteiger partial charge on any atom is 0.259 e. The number of H-pyrrole nitrogens is 1. The van der Waals surface area contributed by atoms with Crippen LogP contribution in [0.5, 0.6) is 0 Å². The quantitative estimate of drug-likeness (QED) is 0.724. The summed E-state index contributed by atoms with van der Waals surface area (Å²) in [7, 11) is 0. The highest BCUT2D eigenvalue weighted by Crippen LogP contribution is 2.32. The third kappa shape index (κ3) is 3.02. The lowest BCUT2D eigenvalue weighted by atomic mass is 10.1. The Morgan fingerprint density at radius 3 is 2.89 bits per heavy atom. The smallest absolute Gasteiger partial charge is 0.259 e. The standard InChI is InChI=1S/C20H22N4O2S/c1-10-12(3)27-20-17(10)19(26)22-18(23-20)11(2)21-15-5-6-16-14(9-15)7-8-24(16)13(4)25/h5-6,9,11,21H,7-8H2,1-4H3,(H,22,23,26). The SMILES string of the molecule is CC(=O)N1CCc2cc(NC(C)c3nc4sc(C)c(C)c4c(=O)[nH]3)ccc21. The number of aryl methyl sites for hydroxylation is 2. The third-order valence-electron chi connectivity index (χ3n) is 5.21. The molecule has 0 radical (unpaired) electrons. The van der Waals surface area contributed by atoms with Gasteiger partial charge in [-0.1, -0.05) is 0 Å². The summed E-state index contributed by atoms with van der Waals surface area (Å²) >= 11 is 1.55. The molecular weight excluding hydrogens is 360 g/mol. The first-order chi connectivity index (χ1) is 12.8. The highest BCUT2D eigenvalue weighted by Gasteiger charge is 2.22. The number of nitrogens with zero attached hydrogens (tertiary/aromatic N) is 2. The van der Waals surface area contributed by atoms with E-state index in [1.165, 1.54) is 0 Å². The Hall–Kier alpha value is -2.67. The fourth-order valence-electron chi connectivity index (χ4n) is 3.61. The first-order valence-electron chi connectivity index (χ1n) is 9.02. The summed E-state index contributed by atoms with van der Waals surface area (Å²) in [5.74, 6) is 0.694. The molecule has 0 aliphatic carbocycles. The van der Waals surface area contributed by atoms with E-state index < -0.39 is 0 Å². The molecule has 27 heavy (non-hydrogen) atoms. The molecule has 3 aromatic rings. The minimum absolute atomic E-state index is 0.0689. The van der Waals surface area contributed by atoms with Crippen molar-refractivity contribution in [2.45, 2.75) is 40.2 Å². The van der Waals surface area contributed by atoms with Crippen molar-refractivity contribution in [3.05, 3.63) is 50.4 Å². The number of aromatic nitrogens is 2. The van der Waals surface area contributed by atoms with E-state index in [0.29, 0.717) is 11.2 Å². The van der Waals surface area contributed by atoms with Gasteiger partial charge >= 0.3 is 0 Å². The average molecular weight is 382 g/mol. The molecule has 0 saturated heterocycles. The number of carbonyl (C=O) groups is 1. The number of benzene rings is 1. The van der Waals surface area contributed by atoms with Crippen LogP contribution in [0.3, 0.4) is 0 Å². The Morgan fingerprint density at radius 1 is 1.37 bits per heavy atom. The second-order valence-electron chi connectivity index (χ2n) is 7.04. The van der Waals surface area contributed by atoms with Crippen LogP contribution in [-0.4, -0.2) is 22.4 Å². The van der Waals surface area contributed by atoms with Crippen LogP contribution in [0.4, 0.5) is 11.4 Å². The molecule has 0 bridgehead atoms.